The van der Waals surface area contributed by atoms with Gasteiger partial charge in [0.05, 0.1) is 65.7 Å². The number of nitrogens with zero attached hydrogens (tertiary/aromatic N) is 8. The van der Waals surface area contributed by atoms with Crippen LogP contribution in [0.3, 0.4) is 0 Å². The van der Waals surface area contributed by atoms with Gasteiger partial charge in [0.15, 0.2) is 6.29 Å². The molecule has 2 aromatic heterocycles. The summed E-state index contributed by atoms with van der Waals surface area (Å²) in [7, 11) is 7.00. The lowest BCUT2D eigenvalue weighted by atomic mass is 9.68. The van der Waals surface area contributed by atoms with Crippen molar-refractivity contribution in [1.82, 2.24) is 39.8 Å². The number of unbranched alkanes of at least 4 members (excludes halogenated alkanes) is 1. The smallest absolute Gasteiger partial charge is 0.309 e. The summed E-state index contributed by atoms with van der Waals surface area (Å²) in [6, 6.07) is 7.39. The summed E-state index contributed by atoms with van der Waals surface area (Å²) in [5, 5.41) is 77.4. The number of esters is 1. The van der Waals surface area contributed by atoms with Crippen LogP contribution in [0.15, 0.2) is 36.7 Å². The second-order valence-corrected chi connectivity index (χ2v) is 23.2. The summed E-state index contributed by atoms with van der Waals surface area (Å²) < 4.78 is 41.1. The Bertz CT molecular complexity index is 2230. The van der Waals surface area contributed by atoms with Gasteiger partial charge in [0.25, 0.3) is 0 Å². The van der Waals surface area contributed by atoms with Gasteiger partial charge in [-0.05, 0) is 124 Å². The van der Waals surface area contributed by atoms with Gasteiger partial charge < -0.3 is 63.8 Å². The van der Waals surface area contributed by atoms with E-state index in [9.17, 15) is 30.3 Å². The molecule has 1 unspecified atom stereocenters. The van der Waals surface area contributed by atoms with E-state index in [1.807, 2.05) is 82.8 Å². The molecule has 5 heterocycles. The van der Waals surface area contributed by atoms with Crippen molar-refractivity contribution in [3.05, 3.63) is 53.6 Å². The van der Waals surface area contributed by atoms with Crippen LogP contribution in [0.4, 0.5) is 0 Å². The zero-order valence-corrected chi connectivity index (χ0v) is 47.3. The van der Waals surface area contributed by atoms with Gasteiger partial charge >= 0.3 is 5.97 Å². The molecule has 0 spiro atoms. The van der Waals surface area contributed by atoms with Gasteiger partial charge in [0.1, 0.15) is 35.7 Å². The van der Waals surface area contributed by atoms with Gasteiger partial charge in [-0.25, -0.2) is 4.68 Å². The fourth-order valence-electron chi connectivity index (χ4n) is 12.3. The molecule has 0 radical (unpaired) electrons. The maximum Gasteiger partial charge on any atom is 0.309 e. The number of hydrogen-bond acceptors (Lipinski definition) is 18. The maximum atomic E-state index is 14.6. The lowest BCUT2D eigenvalue weighted by molar-refractivity contribution is -0.302. The van der Waals surface area contributed by atoms with E-state index in [0.717, 1.165) is 42.9 Å². The predicted molar refractivity (Wildman–Crippen MR) is 280 cm³/mol. The third kappa shape index (κ3) is 14.6. The van der Waals surface area contributed by atoms with Crippen LogP contribution in [0.5, 0.6) is 0 Å². The SMILES string of the molecule is CC[C@H]1OC(=O)[C@H](C)C([C@H]2C[C@@](C)(OC)[C@@H](O)[C@H](C)O2)[C@H](C)[C@@H](O[C@@H]2O[C@H](C)C[C@H](N(C)CCc3cn(CCCCc4ccc(-n5cc(COC)nn5)cc4)nn3)[C@H]2O)[C@](C)(O)C[C@@H](C)CN(C)[C@H](C)[C@@H](O)[C@]1(C)O. The Hall–Kier alpha value is -3.51. The number of carbonyl (C=O) groups is 1. The summed E-state index contributed by atoms with van der Waals surface area (Å²) in [6.07, 6.45) is 0.0633. The van der Waals surface area contributed by atoms with Crippen molar-refractivity contribution in [3.63, 3.8) is 0 Å². The van der Waals surface area contributed by atoms with E-state index in [0.29, 0.717) is 32.5 Å². The minimum atomic E-state index is -1.81. The van der Waals surface area contributed by atoms with Crippen molar-refractivity contribution in [2.24, 2.45) is 23.7 Å². The quantitative estimate of drug-likeness (QED) is 0.0943. The summed E-state index contributed by atoms with van der Waals surface area (Å²) >= 11 is 0. The number of rotatable bonds is 17. The van der Waals surface area contributed by atoms with Crippen molar-refractivity contribution >= 4 is 5.97 Å². The molecule has 18 atom stereocenters. The number of aromatic nitrogens is 6. The fraction of sp³-hybridized carbons (Fsp3) is 0.800. The first kappa shape index (κ1) is 60.7. The third-order valence-electron chi connectivity index (χ3n) is 16.9. The Morgan fingerprint density at radius 2 is 1.57 bits per heavy atom. The monoisotopic (exact) mass is 1060 g/mol. The van der Waals surface area contributed by atoms with Crippen LogP contribution in [0.2, 0.25) is 0 Å². The Balaban J connectivity index is 1.17. The van der Waals surface area contributed by atoms with E-state index in [-0.39, 0.29) is 37.3 Å². The molecule has 3 aliphatic heterocycles. The van der Waals surface area contributed by atoms with Gasteiger partial charge in [-0.2, -0.15) is 0 Å². The van der Waals surface area contributed by atoms with E-state index >= 15 is 0 Å². The Labute approximate surface area is 445 Å². The second-order valence-electron chi connectivity index (χ2n) is 23.2. The Kier molecular flexibility index (Phi) is 21.0. The topological polar surface area (TPSA) is 241 Å². The number of aliphatic hydroxyl groups excluding tert-OH is 3. The number of hydrogen-bond donors (Lipinski definition) is 5. The van der Waals surface area contributed by atoms with Gasteiger partial charge in [0, 0.05) is 70.9 Å². The van der Waals surface area contributed by atoms with Gasteiger partial charge in [-0.15, -0.1) is 10.2 Å². The van der Waals surface area contributed by atoms with Crippen LogP contribution in [0, 0.1) is 23.7 Å². The van der Waals surface area contributed by atoms with Crippen molar-refractivity contribution in [3.8, 4) is 5.69 Å². The number of aryl methyl sites for hydroxylation is 2. The highest BCUT2D eigenvalue weighted by Crippen LogP contribution is 2.45. The van der Waals surface area contributed by atoms with Gasteiger partial charge in [-0.3, -0.25) is 9.48 Å². The third-order valence-corrected chi connectivity index (χ3v) is 16.9. The second kappa shape index (κ2) is 26.0. The summed E-state index contributed by atoms with van der Waals surface area (Å²) in [6.45, 7) is 20.2. The number of cyclic esters (lactones) is 1. The van der Waals surface area contributed by atoms with Crippen LogP contribution >= 0.6 is 0 Å². The number of benzene rings is 1. The molecule has 424 valence electrons. The molecule has 5 N–H and O–H groups in total. The van der Waals surface area contributed by atoms with E-state index in [2.05, 4.69) is 37.7 Å². The average Bonchev–Trinajstić information content (AvgIpc) is 4.04. The van der Waals surface area contributed by atoms with Crippen LogP contribution < -0.4 is 0 Å². The molecule has 0 aliphatic carbocycles. The first-order valence-corrected chi connectivity index (χ1v) is 27.3. The van der Waals surface area contributed by atoms with Crippen molar-refractivity contribution < 1.29 is 58.7 Å². The molecule has 3 fully saturated rings. The summed E-state index contributed by atoms with van der Waals surface area (Å²) in [4.78, 5) is 18.7. The zero-order valence-electron chi connectivity index (χ0n) is 47.3. The Morgan fingerprint density at radius 1 is 0.880 bits per heavy atom. The highest BCUT2D eigenvalue weighted by molar-refractivity contribution is 5.73. The van der Waals surface area contributed by atoms with Crippen LogP contribution in [-0.4, -0.2) is 197 Å². The minimum absolute atomic E-state index is 0.166. The normalized spacial score (nSPS) is 38.0. The van der Waals surface area contributed by atoms with E-state index in [1.165, 1.54) is 19.6 Å². The number of aliphatic hydroxyl groups is 5. The standard InChI is InChI=1S/C55H92N8O12/c1-15-45-55(10,69)48(65)37(6)61(12)29-33(2)27-53(8,68)50(35(4)46(36(5)51(67)74-45)44-28-54(9,71-14)49(66)38(7)73-44)75-52-47(64)43(26-34(3)72-52)60(11)25-23-40-30-62(58-56-40)24-17-16-18-39-19-21-42(22-20-39)63-31-41(32-70-13)57-59-63/h19-22,30-31,33-38,43-50,52,64-66,68-69H,15-18,23-29,32H2,1-14H3/t33-,34-,35+,36-,37-,38+,43+,44-,45-,46?,47-,48-,49+,50-,52+,53-,54-,55-/m1/s1. The lowest BCUT2D eigenvalue weighted by Gasteiger charge is -2.51. The number of likely N-dealkylation sites (N-methyl/N-ethyl adjacent to an activating group) is 2. The van der Waals surface area contributed by atoms with E-state index < -0.39 is 95.6 Å². The molecule has 3 saturated heterocycles. The zero-order chi connectivity index (χ0) is 55.2. The Morgan fingerprint density at radius 3 is 2.24 bits per heavy atom. The van der Waals surface area contributed by atoms with Crippen molar-refractivity contribution in [2.45, 2.75) is 218 Å². The largest absolute Gasteiger partial charge is 0.459 e. The molecular weight excluding hydrogens is 965 g/mol. The van der Waals surface area contributed by atoms with Crippen LogP contribution in [-0.2, 0) is 59.2 Å². The molecule has 3 aromatic rings. The van der Waals surface area contributed by atoms with E-state index in [1.54, 1.807) is 39.5 Å². The molecule has 3 aliphatic rings. The minimum Gasteiger partial charge on any atom is -0.459 e. The number of ether oxygens (including phenoxy) is 6. The molecule has 75 heavy (non-hydrogen) atoms. The van der Waals surface area contributed by atoms with Crippen molar-refractivity contribution in [1.29, 1.82) is 0 Å². The number of carbonyl (C=O) groups excluding carboxylic acids is 1. The lowest BCUT2D eigenvalue weighted by Crippen LogP contribution is -2.62. The molecule has 0 bridgehead atoms. The van der Waals surface area contributed by atoms with Crippen LogP contribution in [0.25, 0.3) is 5.69 Å². The first-order chi connectivity index (χ1) is 35.3. The molecule has 20 heteroatoms. The molecule has 1 aromatic carbocycles. The molecule has 6 rings (SSSR count). The van der Waals surface area contributed by atoms with E-state index in [4.69, 9.17) is 28.4 Å². The fourth-order valence-corrected chi connectivity index (χ4v) is 12.3. The maximum absolute atomic E-state index is 14.6. The van der Waals surface area contributed by atoms with Gasteiger partial charge in [0.2, 0.25) is 0 Å². The van der Waals surface area contributed by atoms with Gasteiger partial charge in [-0.1, -0.05) is 50.3 Å². The molecular formula is C55H92N8O12. The highest BCUT2D eigenvalue weighted by Gasteiger charge is 2.55. The summed E-state index contributed by atoms with van der Waals surface area (Å²) in [5.41, 5.74) is -0.641. The average molecular weight is 1060 g/mol. The highest BCUT2D eigenvalue weighted by atomic mass is 16.7. The molecule has 20 nitrogen and oxygen atoms in total. The number of methoxy groups -OCH3 is 2. The summed E-state index contributed by atoms with van der Waals surface area (Å²) in [5.74, 6) is -3.10. The van der Waals surface area contributed by atoms with Crippen molar-refractivity contribution in [2.75, 3.05) is 41.4 Å². The molecule has 0 saturated carbocycles. The van der Waals surface area contributed by atoms with Crippen LogP contribution in [0.1, 0.15) is 125 Å². The first-order valence-electron chi connectivity index (χ1n) is 27.3. The molecule has 0 amide bonds. The predicted octanol–water partition coefficient (Wildman–Crippen LogP) is 4.13.